The summed E-state index contributed by atoms with van der Waals surface area (Å²) in [6, 6.07) is 5.31. The SMILES string of the molecule is O=C1c2c(OC3OC(C(=O)O)C(O)C(O)C3O)cc(O)cc2OC(c2ccc(O)c(O)c2)C1OC1OC(CO)C(O)C1O. The van der Waals surface area contributed by atoms with Gasteiger partial charge in [-0.05, 0) is 17.7 Å². The monoisotopic (exact) mass is 612 g/mol. The number of rotatable bonds is 7. The van der Waals surface area contributed by atoms with Crippen LogP contribution in [0.2, 0.25) is 0 Å². The van der Waals surface area contributed by atoms with E-state index in [9.17, 15) is 60.7 Å². The van der Waals surface area contributed by atoms with E-state index in [0.29, 0.717) is 0 Å². The number of ketones is 1. The van der Waals surface area contributed by atoms with Crippen molar-refractivity contribution in [3.05, 3.63) is 41.5 Å². The van der Waals surface area contributed by atoms with Crippen LogP contribution in [0.4, 0.5) is 0 Å². The third kappa shape index (κ3) is 5.53. The highest BCUT2D eigenvalue weighted by atomic mass is 16.7. The van der Waals surface area contributed by atoms with Crippen LogP contribution in [0.1, 0.15) is 22.0 Å². The molecule has 17 nitrogen and oxygen atoms in total. The van der Waals surface area contributed by atoms with Crippen LogP contribution >= 0.6 is 0 Å². The van der Waals surface area contributed by atoms with Gasteiger partial charge in [0.25, 0.3) is 0 Å². The summed E-state index contributed by atoms with van der Waals surface area (Å²) in [4.78, 5) is 25.5. The first-order chi connectivity index (χ1) is 20.3. The van der Waals surface area contributed by atoms with Gasteiger partial charge in [0.05, 0.1) is 6.61 Å². The number of fused-ring (bicyclic) bond motifs is 1. The highest BCUT2D eigenvalue weighted by molar-refractivity contribution is 6.06. The van der Waals surface area contributed by atoms with Crippen molar-refractivity contribution < 1.29 is 84.3 Å². The number of hydrogen-bond donors (Lipinski definition) is 10. The number of benzene rings is 2. The van der Waals surface area contributed by atoms with Crippen molar-refractivity contribution in [3.63, 3.8) is 0 Å². The Bertz CT molecular complexity index is 1380. The molecule has 2 aromatic carbocycles. The number of aliphatic hydroxyl groups is 6. The quantitative estimate of drug-likeness (QED) is 0.141. The summed E-state index contributed by atoms with van der Waals surface area (Å²) in [6.07, 6.45) is -19.6. The maximum Gasteiger partial charge on any atom is 0.335 e. The number of aromatic hydroxyl groups is 3. The number of phenols is 3. The van der Waals surface area contributed by atoms with Crippen molar-refractivity contribution in [1.82, 2.24) is 0 Å². The lowest BCUT2D eigenvalue weighted by Gasteiger charge is -2.39. The molecule has 0 aliphatic carbocycles. The van der Waals surface area contributed by atoms with Crippen molar-refractivity contribution in [1.29, 1.82) is 0 Å². The maximum atomic E-state index is 14.0. The van der Waals surface area contributed by atoms with Gasteiger partial charge in [-0.2, -0.15) is 0 Å². The molecule has 0 aromatic heterocycles. The summed E-state index contributed by atoms with van der Waals surface area (Å²) < 4.78 is 27.7. The molecule has 17 heteroatoms. The number of aliphatic hydroxyl groups excluding tert-OH is 6. The van der Waals surface area contributed by atoms with E-state index in [1.165, 1.54) is 6.07 Å². The summed E-state index contributed by atoms with van der Waals surface area (Å²) in [5.41, 5.74) is -0.388. The number of phenolic OH excluding ortho intramolecular Hbond substituents is 3. The molecule has 234 valence electrons. The van der Waals surface area contributed by atoms with Gasteiger partial charge in [0, 0.05) is 12.1 Å². The van der Waals surface area contributed by atoms with E-state index in [2.05, 4.69) is 0 Å². The fraction of sp³-hybridized carbons (Fsp3) is 0.462. The molecular formula is C26H28O17. The smallest absolute Gasteiger partial charge is 0.335 e. The number of Topliss-reactive ketones (excluding diaryl/α,β-unsaturated/α-hetero) is 1. The average molecular weight is 612 g/mol. The Kier molecular flexibility index (Phi) is 8.36. The molecule has 0 spiro atoms. The van der Waals surface area contributed by atoms with Gasteiger partial charge >= 0.3 is 5.97 Å². The standard InChI is InChI=1S/C26H28O17/c27-6-13-15(31)19(35)25(41-13)42-22-16(32)14-11(39-21(22)7-1-2-9(29)10(30)3-7)4-8(28)5-12(14)40-26-20(36)17(33)18(34)23(43-26)24(37)38/h1-5,13,15,17-23,25-31,33-36H,6H2,(H,37,38). The van der Waals surface area contributed by atoms with E-state index in [-0.39, 0.29) is 11.3 Å². The Labute approximate surface area is 240 Å². The van der Waals surface area contributed by atoms with Crippen molar-refractivity contribution in [2.45, 2.75) is 67.5 Å². The van der Waals surface area contributed by atoms with E-state index < -0.39 is 114 Å². The van der Waals surface area contributed by atoms with Crippen LogP contribution in [0, 0.1) is 0 Å². The van der Waals surface area contributed by atoms with Gasteiger partial charge in [-0.25, -0.2) is 4.79 Å². The predicted octanol–water partition coefficient (Wildman–Crippen LogP) is -2.78. The second kappa shape index (κ2) is 11.7. The number of aliphatic carboxylic acids is 1. The Morgan fingerprint density at radius 3 is 2.16 bits per heavy atom. The zero-order valence-corrected chi connectivity index (χ0v) is 21.8. The van der Waals surface area contributed by atoms with Crippen LogP contribution in [0.15, 0.2) is 30.3 Å². The zero-order chi connectivity index (χ0) is 31.3. The van der Waals surface area contributed by atoms with E-state index in [1.54, 1.807) is 0 Å². The molecule has 5 rings (SSSR count). The molecule has 0 bridgehead atoms. The second-order valence-electron chi connectivity index (χ2n) is 10.1. The van der Waals surface area contributed by atoms with Crippen molar-refractivity contribution in [2.75, 3.05) is 6.61 Å². The van der Waals surface area contributed by atoms with Gasteiger partial charge in [0.15, 0.2) is 36.1 Å². The number of carboxylic acids is 1. The van der Waals surface area contributed by atoms with Gasteiger partial charge in [0.2, 0.25) is 12.1 Å². The fourth-order valence-electron chi connectivity index (χ4n) is 4.97. The van der Waals surface area contributed by atoms with Crippen LogP contribution in [-0.2, 0) is 19.0 Å². The van der Waals surface area contributed by atoms with Gasteiger partial charge in [-0.15, -0.1) is 0 Å². The fourth-order valence-corrected chi connectivity index (χ4v) is 4.97. The van der Waals surface area contributed by atoms with E-state index in [4.69, 9.17) is 23.7 Å². The largest absolute Gasteiger partial charge is 0.508 e. The molecule has 2 fully saturated rings. The van der Waals surface area contributed by atoms with E-state index in [1.807, 2.05) is 0 Å². The first-order valence-corrected chi connectivity index (χ1v) is 12.8. The van der Waals surface area contributed by atoms with Crippen LogP contribution < -0.4 is 9.47 Å². The molecule has 0 radical (unpaired) electrons. The topological polar surface area (TPSA) is 283 Å². The molecule has 3 aliphatic rings. The Balaban J connectivity index is 1.54. The summed E-state index contributed by atoms with van der Waals surface area (Å²) in [7, 11) is 0. The van der Waals surface area contributed by atoms with E-state index >= 15 is 0 Å². The molecule has 2 saturated heterocycles. The Morgan fingerprint density at radius 2 is 1.53 bits per heavy atom. The van der Waals surface area contributed by atoms with Crippen LogP contribution in [-0.4, -0.2) is 131 Å². The molecular weight excluding hydrogens is 584 g/mol. The molecule has 2 aromatic rings. The summed E-state index contributed by atoms with van der Waals surface area (Å²) in [6.45, 7) is -0.704. The lowest BCUT2D eigenvalue weighted by Crippen LogP contribution is -2.61. The third-order valence-corrected chi connectivity index (χ3v) is 7.25. The van der Waals surface area contributed by atoms with Gasteiger partial charge in [-0.1, -0.05) is 6.07 Å². The van der Waals surface area contributed by atoms with Gasteiger partial charge < -0.3 is 74.7 Å². The number of carboxylic acid groups (broad SMARTS) is 1. The number of hydrogen-bond acceptors (Lipinski definition) is 16. The normalized spacial score (nSPS) is 35.7. The molecule has 43 heavy (non-hydrogen) atoms. The minimum Gasteiger partial charge on any atom is -0.508 e. The molecule has 3 aliphatic heterocycles. The molecule has 0 amide bonds. The molecule has 11 atom stereocenters. The summed E-state index contributed by atoms with van der Waals surface area (Å²) in [5, 5.41) is 100. The Hall–Kier alpha value is -3.78. The second-order valence-corrected chi connectivity index (χ2v) is 10.1. The molecule has 11 unspecified atom stereocenters. The minimum atomic E-state index is -2.05. The first kappa shape index (κ1) is 30.7. The number of carbonyl (C=O) groups is 2. The van der Waals surface area contributed by atoms with Crippen molar-refractivity contribution in [2.24, 2.45) is 0 Å². The lowest BCUT2D eigenvalue weighted by atomic mass is 9.92. The highest BCUT2D eigenvalue weighted by Gasteiger charge is 2.51. The Morgan fingerprint density at radius 1 is 0.837 bits per heavy atom. The van der Waals surface area contributed by atoms with Crippen molar-refractivity contribution >= 4 is 11.8 Å². The zero-order valence-electron chi connectivity index (χ0n) is 21.8. The first-order valence-electron chi connectivity index (χ1n) is 12.8. The maximum absolute atomic E-state index is 14.0. The molecule has 10 N–H and O–H groups in total. The third-order valence-electron chi connectivity index (χ3n) is 7.25. The van der Waals surface area contributed by atoms with E-state index in [0.717, 1.165) is 24.3 Å². The summed E-state index contributed by atoms with van der Waals surface area (Å²) in [5.74, 6) is -5.18. The van der Waals surface area contributed by atoms with Gasteiger partial charge in [-0.3, -0.25) is 4.79 Å². The van der Waals surface area contributed by atoms with Crippen LogP contribution in [0.5, 0.6) is 28.7 Å². The van der Waals surface area contributed by atoms with Crippen molar-refractivity contribution in [3.8, 4) is 28.7 Å². The molecule has 3 heterocycles. The predicted molar refractivity (Wildman–Crippen MR) is 133 cm³/mol. The molecule has 0 saturated carbocycles. The van der Waals surface area contributed by atoms with Crippen LogP contribution in [0.25, 0.3) is 0 Å². The lowest BCUT2D eigenvalue weighted by molar-refractivity contribution is -0.271. The number of ether oxygens (including phenoxy) is 5. The average Bonchev–Trinajstić information content (AvgIpc) is 3.23. The minimum absolute atomic E-state index is 0.0595. The summed E-state index contributed by atoms with van der Waals surface area (Å²) >= 11 is 0. The van der Waals surface area contributed by atoms with Gasteiger partial charge in [0.1, 0.15) is 59.4 Å². The highest BCUT2D eigenvalue weighted by Crippen LogP contribution is 2.45. The van der Waals surface area contributed by atoms with Crippen LogP contribution in [0.3, 0.4) is 0 Å². The number of carbonyl (C=O) groups excluding carboxylic acids is 1.